The SMILES string of the molecule is CNCC1CCN(S(=O)(=O)c2ccc(C(=O)OC)c(C)c2)CC1.Cl. The van der Waals surface area contributed by atoms with Crippen LogP contribution in [0.1, 0.15) is 28.8 Å². The monoisotopic (exact) mass is 376 g/mol. The van der Waals surface area contributed by atoms with Crippen molar-refractivity contribution in [3.63, 3.8) is 0 Å². The van der Waals surface area contributed by atoms with Gasteiger partial charge in [0.05, 0.1) is 17.6 Å². The summed E-state index contributed by atoms with van der Waals surface area (Å²) in [4.78, 5) is 11.8. The third kappa shape index (κ3) is 4.47. The summed E-state index contributed by atoms with van der Waals surface area (Å²) >= 11 is 0. The van der Waals surface area contributed by atoms with E-state index in [-0.39, 0.29) is 17.3 Å². The zero-order chi connectivity index (χ0) is 17.0. The second-order valence-corrected chi connectivity index (χ2v) is 7.81. The number of nitrogens with one attached hydrogen (secondary N) is 1. The van der Waals surface area contributed by atoms with Crippen LogP contribution in [0.2, 0.25) is 0 Å². The van der Waals surface area contributed by atoms with Crippen molar-refractivity contribution in [2.45, 2.75) is 24.7 Å². The van der Waals surface area contributed by atoms with E-state index in [9.17, 15) is 13.2 Å². The first-order chi connectivity index (χ1) is 10.9. The van der Waals surface area contributed by atoms with Gasteiger partial charge in [-0.3, -0.25) is 0 Å². The van der Waals surface area contributed by atoms with Crippen molar-refractivity contribution in [3.05, 3.63) is 29.3 Å². The molecule has 1 aliphatic rings. The van der Waals surface area contributed by atoms with Crippen LogP contribution in [0.4, 0.5) is 0 Å². The van der Waals surface area contributed by atoms with E-state index >= 15 is 0 Å². The van der Waals surface area contributed by atoms with Crippen LogP contribution in [0, 0.1) is 12.8 Å². The van der Waals surface area contributed by atoms with Crippen LogP contribution in [0.25, 0.3) is 0 Å². The Morgan fingerprint density at radius 1 is 1.33 bits per heavy atom. The summed E-state index contributed by atoms with van der Waals surface area (Å²) in [5.41, 5.74) is 0.988. The lowest BCUT2D eigenvalue weighted by Crippen LogP contribution is -2.40. The number of hydrogen-bond acceptors (Lipinski definition) is 5. The van der Waals surface area contributed by atoms with Gasteiger partial charge in [-0.2, -0.15) is 4.31 Å². The molecular formula is C16H25ClN2O4S. The normalized spacial score (nSPS) is 16.5. The Labute approximate surface area is 150 Å². The minimum Gasteiger partial charge on any atom is -0.465 e. The van der Waals surface area contributed by atoms with Crippen molar-refractivity contribution in [2.75, 3.05) is 33.8 Å². The zero-order valence-electron chi connectivity index (χ0n) is 14.2. The van der Waals surface area contributed by atoms with E-state index in [1.165, 1.54) is 23.5 Å². The molecule has 1 aliphatic heterocycles. The quantitative estimate of drug-likeness (QED) is 0.793. The first kappa shape index (κ1) is 20.9. The molecule has 1 aromatic carbocycles. The molecule has 136 valence electrons. The molecule has 0 atom stereocenters. The number of nitrogens with zero attached hydrogens (tertiary/aromatic N) is 1. The van der Waals surface area contributed by atoms with E-state index in [2.05, 4.69) is 10.1 Å². The summed E-state index contributed by atoms with van der Waals surface area (Å²) in [5, 5.41) is 3.14. The van der Waals surface area contributed by atoms with Gasteiger partial charge in [0.25, 0.3) is 0 Å². The number of sulfonamides is 1. The highest BCUT2D eigenvalue weighted by Gasteiger charge is 2.29. The van der Waals surface area contributed by atoms with Crippen molar-refractivity contribution in [1.29, 1.82) is 0 Å². The minimum absolute atomic E-state index is 0. The molecule has 0 amide bonds. The van der Waals surface area contributed by atoms with Crippen molar-refractivity contribution in [2.24, 2.45) is 5.92 Å². The maximum Gasteiger partial charge on any atom is 0.338 e. The van der Waals surface area contributed by atoms with Gasteiger partial charge < -0.3 is 10.1 Å². The molecule has 1 saturated heterocycles. The molecule has 0 aromatic heterocycles. The van der Waals surface area contributed by atoms with Gasteiger partial charge >= 0.3 is 5.97 Å². The third-order valence-corrected chi connectivity index (χ3v) is 6.20. The highest BCUT2D eigenvalue weighted by molar-refractivity contribution is 7.89. The number of methoxy groups -OCH3 is 1. The highest BCUT2D eigenvalue weighted by atomic mass is 35.5. The summed E-state index contributed by atoms with van der Waals surface area (Å²) in [6.45, 7) is 3.70. The van der Waals surface area contributed by atoms with Crippen molar-refractivity contribution in [3.8, 4) is 0 Å². The van der Waals surface area contributed by atoms with Gasteiger partial charge in [0.15, 0.2) is 0 Å². The molecule has 1 aromatic rings. The average Bonchev–Trinajstić information content (AvgIpc) is 2.55. The fourth-order valence-corrected chi connectivity index (χ4v) is 4.48. The molecule has 0 unspecified atom stereocenters. The summed E-state index contributed by atoms with van der Waals surface area (Å²) in [7, 11) is -0.293. The maximum absolute atomic E-state index is 12.7. The Hall–Kier alpha value is -1.15. The molecule has 1 fully saturated rings. The summed E-state index contributed by atoms with van der Waals surface area (Å²) in [5.74, 6) is 0.0641. The molecule has 0 aliphatic carbocycles. The van der Waals surface area contributed by atoms with Crippen LogP contribution in [0.3, 0.4) is 0 Å². The molecule has 1 N–H and O–H groups in total. The van der Waals surface area contributed by atoms with Crippen LogP contribution in [0.15, 0.2) is 23.1 Å². The summed E-state index contributed by atoms with van der Waals surface area (Å²) < 4.78 is 31.7. The number of ether oxygens (including phenoxy) is 1. The topological polar surface area (TPSA) is 75.7 Å². The first-order valence-corrected chi connectivity index (χ1v) is 9.18. The highest BCUT2D eigenvalue weighted by Crippen LogP contribution is 2.25. The fourth-order valence-electron chi connectivity index (χ4n) is 2.93. The molecule has 0 radical (unpaired) electrons. The average molecular weight is 377 g/mol. The van der Waals surface area contributed by atoms with Crippen LogP contribution in [0.5, 0.6) is 0 Å². The Morgan fingerprint density at radius 3 is 2.46 bits per heavy atom. The van der Waals surface area contributed by atoms with Crippen LogP contribution in [-0.2, 0) is 14.8 Å². The second-order valence-electron chi connectivity index (χ2n) is 5.87. The molecule has 24 heavy (non-hydrogen) atoms. The number of benzene rings is 1. The van der Waals surface area contributed by atoms with Gasteiger partial charge in [0, 0.05) is 13.1 Å². The van der Waals surface area contributed by atoms with Gasteiger partial charge in [0.2, 0.25) is 10.0 Å². The van der Waals surface area contributed by atoms with Gasteiger partial charge in [0.1, 0.15) is 0 Å². The molecule has 2 rings (SSSR count). The Bertz CT molecular complexity index is 671. The van der Waals surface area contributed by atoms with E-state index in [4.69, 9.17) is 0 Å². The Kier molecular flexibility index (Phi) is 7.66. The number of rotatable bonds is 5. The summed E-state index contributed by atoms with van der Waals surface area (Å²) in [6, 6.07) is 4.54. The summed E-state index contributed by atoms with van der Waals surface area (Å²) in [6.07, 6.45) is 1.72. The second kappa shape index (κ2) is 8.80. The number of carbonyl (C=O) groups is 1. The van der Waals surface area contributed by atoms with Gasteiger partial charge in [-0.05, 0) is 63.0 Å². The van der Waals surface area contributed by atoms with Crippen molar-refractivity contribution < 1.29 is 17.9 Å². The fraction of sp³-hybridized carbons (Fsp3) is 0.562. The minimum atomic E-state index is -3.51. The maximum atomic E-state index is 12.7. The Morgan fingerprint density at radius 2 is 1.96 bits per heavy atom. The number of carbonyl (C=O) groups excluding carboxylic acids is 1. The van der Waals surface area contributed by atoms with E-state index in [0.29, 0.717) is 30.1 Å². The number of esters is 1. The van der Waals surface area contributed by atoms with Gasteiger partial charge in [-0.25, -0.2) is 13.2 Å². The zero-order valence-corrected chi connectivity index (χ0v) is 15.9. The molecule has 6 nitrogen and oxygen atoms in total. The number of aryl methyl sites for hydroxylation is 1. The van der Waals surface area contributed by atoms with E-state index in [1.54, 1.807) is 13.0 Å². The van der Waals surface area contributed by atoms with Crippen LogP contribution >= 0.6 is 12.4 Å². The van der Waals surface area contributed by atoms with Crippen LogP contribution < -0.4 is 5.32 Å². The molecule has 1 heterocycles. The largest absolute Gasteiger partial charge is 0.465 e. The Balaban J connectivity index is 0.00000288. The van der Waals surface area contributed by atoms with E-state index < -0.39 is 16.0 Å². The lowest BCUT2D eigenvalue weighted by molar-refractivity contribution is 0.0600. The predicted molar refractivity (Wildman–Crippen MR) is 95.2 cm³/mol. The number of halogens is 1. The lowest BCUT2D eigenvalue weighted by Gasteiger charge is -2.31. The number of piperidine rings is 1. The molecule has 8 heteroatoms. The van der Waals surface area contributed by atoms with E-state index in [1.807, 2.05) is 7.05 Å². The number of hydrogen-bond donors (Lipinski definition) is 1. The van der Waals surface area contributed by atoms with Crippen LogP contribution in [-0.4, -0.2) is 52.5 Å². The van der Waals surface area contributed by atoms with Gasteiger partial charge in [-0.15, -0.1) is 12.4 Å². The molecule has 0 spiro atoms. The predicted octanol–water partition coefficient (Wildman–Crippen LogP) is 1.82. The van der Waals surface area contributed by atoms with E-state index in [0.717, 1.165) is 19.4 Å². The van der Waals surface area contributed by atoms with Crippen molar-refractivity contribution >= 4 is 28.4 Å². The molecular weight excluding hydrogens is 352 g/mol. The third-order valence-electron chi connectivity index (χ3n) is 4.31. The first-order valence-electron chi connectivity index (χ1n) is 7.74. The lowest BCUT2D eigenvalue weighted by atomic mass is 9.98. The standard InChI is InChI=1S/C16H24N2O4S.ClH/c1-12-10-14(4-5-15(12)16(19)22-3)23(20,21)18-8-6-13(7-9-18)11-17-2;/h4-5,10,13,17H,6-9,11H2,1-3H3;1H. The van der Waals surface area contributed by atoms with Gasteiger partial charge in [-0.1, -0.05) is 0 Å². The smallest absolute Gasteiger partial charge is 0.338 e. The molecule has 0 saturated carbocycles. The van der Waals surface area contributed by atoms with Crippen molar-refractivity contribution in [1.82, 2.24) is 9.62 Å². The molecule has 0 bridgehead atoms.